The number of aryl methyl sites for hydroxylation is 1. The summed E-state index contributed by atoms with van der Waals surface area (Å²) in [6.45, 7) is 5.90. The minimum atomic E-state index is -2.96. The van der Waals surface area contributed by atoms with Crippen molar-refractivity contribution >= 4 is 38.8 Å². The lowest BCUT2D eigenvalue weighted by molar-refractivity contribution is -0.0979. The molecule has 1 spiro atoms. The Morgan fingerprint density at radius 2 is 1.94 bits per heavy atom. The van der Waals surface area contributed by atoms with Gasteiger partial charge in [-0.1, -0.05) is 30.7 Å². The Hall–Kier alpha value is -3.07. The maximum absolute atomic E-state index is 13.9. The molecular weight excluding hydrogens is 630 g/mol. The number of halogens is 1. The molecule has 1 saturated carbocycles. The Morgan fingerprint density at radius 1 is 1.09 bits per heavy atom. The van der Waals surface area contributed by atoms with Crippen LogP contribution in [0.4, 0.5) is 5.69 Å². The lowest BCUT2D eigenvalue weighted by Gasteiger charge is -2.50. The van der Waals surface area contributed by atoms with Gasteiger partial charge in [0.1, 0.15) is 11.4 Å². The number of carbonyl (C=O) groups excluding carboxylic acids is 1. The Kier molecular flexibility index (Phi) is 8.59. The van der Waals surface area contributed by atoms with E-state index in [1.807, 2.05) is 43.3 Å². The normalized spacial score (nSPS) is 34.2. The number of hydrogen-bond acceptors (Lipinski definition) is 6. The van der Waals surface area contributed by atoms with Crippen molar-refractivity contribution < 1.29 is 18.8 Å². The number of benzene rings is 2. The van der Waals surface area contributed by atoms with E-state index in [0.29, 0.717) is 31.7 Å². The third kappa shape index (κ3) is 5.95. The first kappa shape index (κ1) is 32.5. The van der Waals surface area contributed by atoms with Gasteiger partial charge in [0.15, 0.2) is 0 Å². The van der Waals surface area contributed by atoms with Gasteiger partial charge in [-0.3, -0.25) is 14.5 Å². The highest BCUT2D eigenvalue weighted by Gasteiger charge is 2.50. The first-order valence-corrected chi connectivity index (χ1v) is 19.3. The first-order valence-electron chi connectivity index (χ1n) is 17.1. The van der Waals surface area contributed by atoms with Crippen molar-refractivity contribution in [1.82, 2.24) is 9.71 Å². The number of nitrogens with zero attached hydrogens (tertiary/aromatic N) is 2. The lowest BCUT2D eigenvalue weighted by atomic mass is 9.61. The van der Waals surface area contributed by atoms with E-state index < -0.39 is 15.3 Å². The topological polar surface area (TPSA) is 91.8 Å². The molecule has 4 aliphatic rings. The van der Waals surface area contributed by atoms with Crippen LogP contribution in [0.15, 0.2) is 60.8 Å². The van der Waals surface area contributed by atoms with E-state index in [9.17, 15) is 14.1 Å². The Morgan fingerprint density at radius 3 is 2.70 bits per heavy atom. The number of hydrogen-bond donors (Lipinski definition) is 2. The SMILES string of the molecule is C=S1(=O)NC(=O)c2ccc3c(c2)N(C[C@@H]2CC[C@H]2[C@](O)(c2ccccn2)CCC[C@H](C)[C@H]1C)C[C@@]1(CCCc2cc(Cl)ccc21)CO3. The molecule has 9 heteroatoms. The molecule has 3 aromatic rings. The molecule has 1 fully saturated rings. The highest BCUT2D eigenvalue weighted by Crippen LogP contribution is 2.51. The number of nitrogens with one attached hydrogen (secondary N) is 1. The van der Waals surface area contributed by atoms with E-state index in [-0.39, 0.29) is 34.3 Å². The van der Waals surface area contributed by atoms with Gasteiger partial charge in [-0.15, -0.1) is 0 Å². The summed E-state index contributed by atoms with van der Waals surface area (Å²) in [6, 6.07) is 17.6. The predicted octanol–water partition coefficient (Wildman–Crippen LogP) is 6.69. The molecule has 1 unspecified atom stereocenters. The van der Waals surface area contributed by atoms with Crippen molar-refractivity contribution in [3.05, 3.63) is 88.2 Å². The summed E-state index contributed by atoms with van der Waals surface area (Å²) >= 11 is 6.46. The van der Waals surface area contributed by atoms with Crippen LogP contribution in [0.5, 0.6) is 5.75 Å². The largest absolute Gasteiger partial charge is 0.490 e. The van der Waals surface area contributed by atoms with Gasteiger partial charge >= 0.3 is 0 Å². The zero-order valence-corrected chi connectivity index (χ0v) is 29.0. The van der Waals surface area contributed by atoms with Gasteiger partial charge in [-0.25, -0.2) is 4.21 Å². The van der Waals surface area contributed by atoms with E-state index >= 15 is 0 Å². The first-order chi connectivity index (χ1) is 22.5. The van der Waals surface area contributed by atoms with Gasteiger partial charge in [0.05, 0.1) is 27.7 Å². The third-order valence-corrected chi connectivity index (χ3v) is 14.2. The number of anilines is 1. The summed E-state index contributed by atoms with van der Waals surface area (Å²) in [5.74, 6) is 4.63. The summed E-state index contributed by atoms with van der Waals surface area (Å²) in [6.07, 6.45) is 8.75. The Balaban J connectivity index is 1.33. The molecule has 3 heterocycles. The van der Waals surface area contributed by atoms with Crippen molar-refractivity contribution in [3.63, 3.8) is 0 Å². The fraction of sp³-hybridized carbons (Fsp3) is 0.500. The number of ether oxygens (including phenoxy) is 1. The molecule has 47 heavy (non-hydrogen) atoms. The van der Waals surface area contributed by atoms with Crippen LogP contribution in [0.2, 0.25) is 5.02 Å². The molecular formula is C38H46ClN3O4S. The predicted molar refractivity (Wildman–Crippen MR) is 190 cm³/mol. The summed E-state index contributed by atoms with van der Waals surface area (Å²) in [5.41, 5.74) is 3.22. The van der Waals surface area contributed by atoms with E-state index in [0.717, 1.165) is 67.1 Å². The van der Waals surface area contributed by atoms with Crippen LogP contribution in [-0.4, -0.2) is 51.0 Å². The van der Waals surface area contributed by atoms with Gasteiger partial charge in [0.2, 0.25) is 0 Å². The average molecular weight is 676 g/mol. The number of aromatic nitrogens is 1. The molecule has 0 saturated heterocycles. The maximum atomic E-state index is 13.9. The zero-order chi connectivity index (χ0) is 33.0. The molecule has 2 N–H and O–H groups in total. The second-order valence-corrected chi connectivity index (χ2v) is 17.4. The number of amides is 1. The Labute approximate surface area is 284 Å². The van der Waals surface area contributed by atoms with Gasteiger partial charge in [0, 0.05) is 40.5 Å². The fourth-order valence-electron chi connectivity index (χ4n) is 8.69. The van der Waals surface area contributed by atoms with Crippen LogP contribution in [-0.2, 0) is 27.1 Å². The highest BCUT2D eigenvalue weighted by atomic mass is 35.5. The van der Waals surface area contributed by atoms with Crippen LogP contribution in [0.25, 0.3) is 0 Å². The van der Waals surface area contributed by atoms with E-state index in [1.165, 1.54) is 11.1 Å². The van der Waals surface area contributed by atoms with Crippen LogP contribution >= 0.6 is 11.6 Å². The van der Waals surface area contributed by atoms with Gasteiger partial charge in [-0.05, 0) is 136 Å². The summed E-state index contributed by atoms with van der Waals surface area (Å²) in [7, 11) is -2.96. The van der Waals surface area contributed by atoms with Crippen molar-refractivity contribution in [3.8, 4) is 5.75 Å². The molecule has 1 amide bonds. The monoisotopic (exact) mass is 675 g/mol. The molecule has 250 valence electrons. The summed E-state index contributed by atoms with van der Waals surface area (Å²) in [5, 5.41) is 13.0. The standard InChI is InChI=1S/C38H46ClN3O4S/c1-25-8-6-18-38(44,35-10-4-5-19-40-35)32-14-11-29(32)22-42-23-37(17-7-9-27-20-30(39)13-15-31(27)37)24-46-34-16-12-28(21-33(34)42)36(43)41-47(3,45)26(25)2/h4-5,10,12-13,15-16,19-21,25-26,29,32,44H,3,6-9,11,14,17-18,22-24H2,1-2H3,(H,41,43,45)/t25-,26+,29-,32+,37-,38-,47?/m0/s1. The molecule has 7 nitrogen and oxygen atoms in total. The maximum Gasteiger partial charge on any atom is 0.262 e. The summed E-state index contributed by atoms with van der Waals surface area (Å²) < 4.78 is 23.3. The second-order valence-electron chi connectivity index (χ2n) is 14.6. The van der Waals surface area contributed by atoms with Crippen LogP contribution in [0.3, 0.4) is 0 Å². The molecule has 1 aromatic heterocycles. The fourth-order valence-corrected chi connectivity index (χ4v) is 10.4. The lowest BCUT2D eigenvalue weighted by Crippen LogP contribution is -2.52. The summed E-state index contributed by atoms with van der Waals surface area (Å²) in [4.78, 5) is 20.8. The number of carbonyl (C=O) groups is 1. The molecule has 7 atom stereocenters. The van der Waals surface area contributed by atoms with Gasteiger partial charge < -0.3 is 14.7 Å². The number of rotatable bonds is 1. The van der Waals surface area contributed by atoms with Crippen molar-refractivity contribution in [1.29, 1.82) is 0 Å². The van der Waals surface area contributed by atoms with Gasteiger partial charge in [0.25, 0.3) is 5.91 Å². The highest BCUT2D eigenvalue weighted by molar-refractivity contribution is 7.99. The van der Waals surface area contributed by atoms with Gasteiger partial charge in [-0.2, -0.15) is 0 Å². The second kappa shape index (κ2) is 12.4. The zero-order valence-electron chi connectivity index (χ0n) is 27.4. The Bertz CT molecular complexity index is 1770. The molecule has 2 aliphatic heterocycles. The minimum absolute atomic E-state index is 0.0266. The van der Waals surface area contributed by atoms with E-state index in [4.69, 9.17) is 16.3 Å². The van der Waals surface area contributed by atoms with E-state index in [2.05, 4.69) is 39.5 Å². The van der Waals surface area contributed by atoms with E-state index in [1.54, 1.807) is 12.3 Å². The minimum Gasteiger partial charge on any atom is -0.490 e. The van der Waals surface area contributed by atoms with Crippen LogP contribution < -0.4 is 14.4 Å². The third-order valence-electron chi connectivity index (χ3n) is 11.8. The molecule has 0 radical (unpaired) electrons. The smallest absolute Gasteiger partial charge is 0.262 e. The average Bonchev–Trinajstić information content (AvgIpc) is 3.19. The molecule has 2 aromatic carbocycles. The number of fused-ring (bicyclic) bond motifs is 4. The quantitative estimate of drug-likeness (QED) is 0.279. The van der Waals surface area contributed by atoms with Crippen molar-refractivity contribution in [2.45, 2.75) is 81.5 Å². The number of aliphatic hydroxyl groups is 1. The molecule has 2 bridgehead atoms. The molecule has 2 aliphatic carbocycles. The van der Waals surface area contributed by atoms with Crippen LogP contribution in [0.1, 0.15) is 86.0 Å². The number of pyridine rings is 1. The molecule has 7 rings (SSSR count). The van der Waals surface area contributed by atoms with Crippen molar-refractivity contribution in [2.24, 2.45) is 17.8 Å². The van der Waals surface area contributed by atoms with Crippen molar-refractivity contribution in [2.75, 3.05) is 24.6 Å². The van der Waals surface area contributed by atoms with Crippen LogP contribution in [0, 0.1) is 17.8 Å².